The normalized spacial score (nSPS) is 14.1. The first-order valence-electron chi connectivity index (χ1n) is 13.7. The van der Waals surface area contributed by atoms with Gasteiger partial charge in [0.25, 0.3) is 0 Å². The van der Waals surface area contributed by atoms with Crippen LogP contribution in [0.2, 0.25) is 0 Å². The third-order valence-corrected chi connectivity index (χ3v) is 7.15. The van der Waals surface area contributed by atoms with E-state index in [1.807, 2.05) is 42.5 Å². The molecule has 1 unspecified atom stereocenters. The number of carbonyl (C=O) groups is 1. The number of hydrogen-bond acceptors (Lipinski definition) is 8. The van der Waals surface area contributed by atoms with Crippen LogP contribution in [0.5, 0.6) is 17.4 Å². The average Bonchev–Trinajstić information content (AvgIpc) is 3.34. The molecule has 0 aliphatic carbocycles. The molecule has 1 saturated heterocycles. The van der Waals surface area contributed by atoms with Gasteiger partial charge < -0.3 is 23.5 Å². The van der Waals surface area contributed by atoms with Gasteiger partial charge in [-0.2, -0.15) is 5.26 Å². The zero-order chi connectivity index (χ0) is 29.8. The van der Waals surface area contributed by atoms with Gasteiger partial charge in [-0.05, 0) is 66.6 Å². The Morgan fingerprint density at radius 1 is 1.09 bits per heavy atom. The minimum atomic E-state index is -0.607. The number of imidazole rings is 1. The van der Waals surface area contributed by atoms with Gasteiger partial charge in [0.15, 0.2) is 11.6 Å². The summed E-state index contributed by atoms with van der Waals surface area (Å²) < 4.78 is 38.4. The van der Waals surface area contributed by atoms with Crippen LogP contribution in [0.25, 0.3) is 11.0 Å². The third kappa shape index (κ3) is 6.32. The number of carbonyl (C=O) groups excluding carboxylic acids is 1. The predicted octanol–water partition coefficient (Wildman–Crippen LogP) is 5.98. The molecule has 0 N–H and O–H groups in total. The van der Waals surface area contributed by atoms with Crippen molar-refractivity contribution in [2.75, 3.05) is 13.7 Å². The molecular formula is C33H27FN4O5. The van der Waals surface area contributed by atoms with Crippen molar-refractivity contribution in [2.24, 2.45) is 0 Å². The zero-order valence-corrected chi connectivity index (χ0v) is 23.3. The number of pyridine rings is 1. The Hall–Kier alpha value is -5.27. The molecule has 1 atom stereocenters. The molecule has 3 heterocycles. The number of hydrogen-bond donors (Lipinski definition) is 0. The highest BCUT2D eigenvalue weighted by molar-refractivity contribution is 5.93. The van der Waals surface area contributed by atoms with E-state index >= 15 is 0 Å². The Morgan fingerprint density at radius 2 is 1.93 bits per heavy atom. The predicted molar refractivity (Wildman–Crippen MR) is 154 cm³/mol. The second-order valence-corrected chi connectivity index (χ2v) is 10.1. The first-order valence-corrected chi connectivity index (χ1v) is 13.7. The van der Waals surface area contributed by atoms with Gasteiger partial charge in [-0.15, -0.1) is 0 Å². The summed E-state index contributed by atoms with van der Waals surface area (Å²) in [5, 5.41) is 8.90. The van der Waals surface area contributed by atoms with Crippen LogP contribution < -0.4 is 9.47 Å². The maximum atomic E-state index is 14.1. The number of aromatic nitrogens is 3. The molecule has 0 radical (unpaired) electrons. The van der Waals surface area contributed by atoms with E-state index < -0.39 is 5.82 Å². The highest BCUT2D eigenvalue weighted by Crippen LogP contribution is 2.26. The largest absolute Gasteiger partial charge is 0.484 e. The summed E-state index contributed by atoms with van der Waals surface area (Å²) in [5.74, 6) is 0.892. The molecular weight excluding hydrogens is 551 g/mol. The summed E-state index contributed by atoms with van der Waals surface area (Å²) >= 11 is 0. The standard InChI is InChI=1S/C33H27FN4O5/c1-40-33(39)23-8-11-28-29(17-23)38(19-26-13-14-41-26)31(37-28)16-21-5-9-25(10-6-21)43-32-4-2-3-24(36-32)20-42-30-12-7-22(18-35)15-27(30)34/h2-12,15,17,26H,13-14,16,19-20H2,1H3. The van der Waals surface area contributed by atoms with Crippen molar-refractivity contribution < 1.29 is 28.1 Å². The Morgan fingerprint density at radius 3 is 2.65 bits per heavy atom. The summed E-state index contributed by atoms with van der Waals surface area (Å²) in [7, 11) is 1.37. The number of halogens is 1. The maximum absolute atomic E-state index is 14.1. The van der Waals surface area contributed by atoms with E-state index in [0.717, 1.165) is 41.5 Å². The highest BCUT2D eigenvalue weighted by Gasteiger charge is 2.22. The Bertz CT molecular complexity index is 1830. The van der Waals surface area contributed by atoms with Crippen LogP contribution in [-0.2, 0) is 29.0 Å². The minimum absolute atomic E-state index is 0.0347. The second kappa shape index (κ2) is 12.3. The number of nitrogens with zero attached hydrogens (tertiary/aromatic N) is 4. The highest BCUT2D eigenvalue weighted by atomic mass is 19.1. The van der Waals surface area contributed by atoms with Gasteiger partial charge >= 0.3 is 5.97 Å². The molecule has 1 fully saturated rings. The van der Waals surface area contributed by atoms with E-state index in [4.69, 9.17) is 29.2 Å². The van der Waals surface area contributed by atoms with Crippen molar-refractivity contribution in [1.82, 2.24) is 14.5 Å². The number of methoxy groups -OCH3 is 1. The third-order valence-electron chi connectivity index (χ3n) is 7.15. The van der Waals surface area contributed by atoms with Crippen LogP contribution in [-0.4, -0.2) is 40.3 Å². The molecule has 0 saturated carbocycles. The molecule has 1 aliphatic heterocycles. The van der Waals surface area contributed by atoms with Crippen LogP contribution in [0.3, 0.4) is 0 Å². The summed E-state index contributed by atoms with van der Waals surface area (Å²) in [4.78, 5) is 21.5. The molecule has 43 heavy (non-hydrogen) atoms. The lowest BCUT2D eigenvalue weighted by atomic mass is 10.1. The van der Waals surface area contributed by atoms with Gasteiger partial charge in [-0.3, -0.25) is 0 Å². The molecule has 9 nitrogen and oxygen atoms in total. The van der Waals surface area contributed by atoms with E-state index in [1.165, 1.54) is 19.2 Å². The van der Waals surface area contributed by atoms with Crippen LogP contribution in [0.15, 0.2) is 78.9 Å². The topological polar surface area (TPSA) is 108 Å². The molecule has 3 aromatic carbocycles. The smallest absolute Gasteiger partial charge is 0.337 e. The van der Waals surface area contributed by atoms with Gasteiger partial charge in [-0.25, -0.2) is 19.2 Å². The number of nitriles is 1. The summed E-state index contributed by atoms with van der Waals surface area (Å²) in [6.45, 7) is 1.44. The first-order chi connectivity index (χ1) is 21.0. The molecule has 0 amide bonds. The first kappa shape index (κ1) is 27.9. The Balaban J connectivity index is 1.14. The van der Waals surface area contributed by atoms with Crippen LogP contribution in [0.1, 0.15) is 39.4 Å². The monoisotopic (exact) mass is 578 g/mol. The van der Waals surface area contributed by atoms with E-state index in [-0.39, 0.29) is 30.0 Å². The molecule has 0 bridgehead atoms. The summed E-state index contributed by atoms with van der Waals surface area (Å²) in [5.41, 5.74) is 3.96. The van der Waals surface area contributed by atoms with Crippen LogP contribution >= 0.6 is 0 Å². The van der Waals surface area contributed by atoms with Crippen molar-refractivity contribution >= 4 is 17.0 Å². The fraction of sp³-hybridized carbons (Fsp3) is 0.212. The fourth-order valence-electron chi connectivity index (χ4n) is 4.80. The summed E-state index contributed by atoms with van der Waals surface area (Å²) in [6.07, 6.45) is 1.67. The molecule has 1 aliphatic rings. The molecule has 216 valence electrons. The van der Waals surface area contributed by atoms with Gasteiger partial charge in [0.2, 0.25) is 5.88 Å². The fourth-order valence-corrected chi connectivity index (χ4v) is 4.80. The Labute approximate surface area is 247 Å². The average molecular weight is 579 g/mol. The van der Waals surface area contributed by atoms with Crippen molar-refractivity contribution in [3.63, 3.8) is 0 Å². The molecule has 5 aromatic rings. The van der Waals surface area contributed by atoms with E-state index in [0.29, 0.717) is 35.9 Å². The lowest BCUT2D eigenvalue weighted by molar-refractivity contribution is -0.0589. The second-order valence-electron chi connectivity index (χ2n) is 10.1. The number of fused-ring (bicyclic) bond motifs is 1. The van der Waals surface area contributed by atoms with Gasteiger partial charge in [0, 0.05) is 19.1 Å². The van der Waals surface area contributed by atoms with Gasteiger partial charge in [0.1, 0.15) is 18.2 Å². The van der Waals surface area contributed by atoms with E-state index in [1.54, 1.807) is 24.3 Å². The quantitative estimate of drug-likeness (QED) is 0.186. The summed E-state index contributed by atoms with van der Waals surface area (Å²) in [6, 6.07) is 24.3. The maximum Gasteiger partial charge on any atom is 0.337 e. The van der Waals surface area contributed by atoms with E-state index in [9.17, 15) is 9.18 Å². The van der Waals surface area contributed by atoms with Gasteiger partial charge in [0.05, 0.1) is 53.7 Å². The SMILES string of the molecule is COC(=O)c1ccc2nc(Cc3ccc(Oc4cccc(COc5ccc(C#N)cc5F)n4)cc3)n(CC3CCO3)c2c1. The van der Waals surface area contributed by atoms with Crippen molar-refractivity contribution in [3.05, 3.63) is 113 Å². The van der Waals surface area contributed by atoms with Crippen LogP contribution in [0, 0.1) is 17.1 Å². The van der Waals surface area contributed by atoms with Crippen molar-refractivity contribution in [2.45, 2.75) is 32.1 Å². The molecule has 2 aromatic heterocycles. The molecule has 0 spiro atoms. The zero-order valence-electron chi connectivity index (χ0n) is 23.3. The van der Waals surface area contributed by atoms with E-state index in [2.05, 4.69) is 9.55 Å². The van der Waals surface area contributed by atoms with Crippen LogP contribution in [0.4, 0.5) is 4.39 Å². The number of benzene rings is 3. The van der Waals surface area contributed by atoms with Crippen molar-refractivity contribution in [1.29, 1.82) is 5.26 Å². The molecule has 10 heteroatoms. The number of esters is 1. The van der Waals surface area contributed by atoms with Crippen molar-refractivity contribution in [3.8, 4) is 23.4 Å². The lowest BCUT2D eigenvalue weighted by Gasteiger charge is -2.27. The molecule has 6 rings (SSSR count). The number of ether oxygens (including phenoxy) is 4. The van der Waals surface area contributed by atoms with Gasteiger partial charge in [-0.1, -0.05) is 18.2 Å². The minimum Gasteiger partial charge on any atom is -0.484 e. The number of rotatable bonds is 10. The Kier molecular flexibility index (Phi) is 7.98. The lowest BCUT2D eigenvalue weighted by Crippen LogP contribution is -2.31.